The van der Waals surface area contributed by atoms with Crippen LogP contribution in [0.15, 0.2) is 47.4 Å². The predicted molar refractivity (Wildman–Crippen MR) is 100 cm³/mol. The van der Waals surface area contributed by atoms with E-state index < -0.39 is 0 Å². The first-order valence-corrected chi connectivity index (χ1v) is 9.65. The lowest BCUT2D eigenvalue weighted by Gasteiger charge is -2.25. The summed E-state index contributed by atoms with van der Waals surface area (Å²) in [6, 6.07) is 15.3. The zero-order valence-electron chi connectivity index (χ0n) is 14.5. The van der Waals surface area contributed by atoms with Crippen LogP contribution in [0.3, 0.4) is 0 Å². The number of hydrogen-bond donors (Lipinski definition) is 1. The Hall–Kier alpha value is -1.65. The highest BCUT2D eigenvalue weighted by Gasteiger charge is 2.19. The van der Waals surface area contributed by atoms with Crippen LogP contribution in [-0.2, 0) is 6.54 Å². The summed E-state index contributed by atoms with van der Waals surface area (Å²) in [5, 5.41) is 3.69. The average Bonchev–Trinajstić information content (AvgIpc) is 2.62. The van der Waals surface area contributed by atoms with Gasteiger partial charge >= 0.3 is 0 Å². The summed E-state index contributed by atoms with van der Waals surface area (Å²) < 4.78 is 11.3. The normalized spacial score (nSPS) is 14.7. The number of nitrogens with one attached hydrogen (secondary N) is 1. The Morgan fingerprint density at radius 1 is 1.00 bits per heavy atom. The fourth-order valence-corrected chi connectivity index (χ4v) is 3.37. The van der Waals surface area contributed by atoms with Crippen molar-refractivity contribution in [1.29, 1.82) is 0 Å². The maximum absolute atomic E-state index is 5.73. The van der Waals surface area contributed by atoms with E-state index in [0.717, 1.165) is 18.0 Å². The van der Waals surface area contributed by atoms with Crippen molar-refractivity contribution in [2.24, 2.45) is 5.92 Å². The molecule has 1 aliphatic heterocycles. The van der Waals surface area contributed by atoms with Crippen LogP contribution in [-0.4, -0.2) is 19.5 Å². The van der Waals surface area contributed by atoms with Gasteiger partial charge < -0.3 is 14.8 Å². The first-order valence-electron chi connectivity index (χ1n) is 8.43. The Bertz CT molecular complexity index is 670. The summed E-state index contributed by atoms with van der Waals surface area (Å²) in [5.74, 6) is 2.19. The third kappa shape index (κ3) is 4.05. The van der Waals surface area contributed by atoms with Gasteiger partial charge in [0.1, 0.15) is 13.2 Å². The van der Waals surface area contributed by atoms with Gasteiger partial charge in [0.05, 0.1) is 0 Å². The second kappa shape index (κ2) is 7.95. The monoisotopic (exact) mass is 343 g/mol. The Morgan fingerprint density at radius 3 is 2.38 bits per heavy atom. The molecule has 1 N–H and O–H groups in total. The van der Waals surface area contributed by atoms with Gasteiger partial charge in [-0.15, -0.1) is 11.8 Å². The fourth-order valence-electron chi connectivity index (χ4n) is 2.96. The van der Waals surface area contributed by atoms with Gasteiger partial charge in [0.25, 0.3) is 0 Å². The first-order chi connectivity index (χ1) is 11.7. The van der Waals surface area contributed by atoms with Crippen LogP contribution in [0.2, 0.25) is 0 Å². The zero-order chi connectivity index (χ0) is 16.9. The van der Waals surface area contributed by atoms with Crippen molar-refractivity contribution in [3.05, 3.63) is 53.6 Å². The molecule has 2 aromatic carbocycles. The number of thioether (sulfide) groups is 1. The van der Waals surface area contributed by atoms with Gasteiger partial charge in [-0.2, -0.15) is 0 Å². The molecule has 0 bridgehead atoms. The molecule has 1 unspecified atom stereocenters. The van der Waals surface area contributed by atoms with E-state index in [1.54, 1.807) is 11.8 Å². The van der Waals surface area contributed by atoms with Crippen molar-refractivity contribution in [3.8, 4) is 11.5 Å². The quantitative estimate of drug-likeness (QED) is 0.772. The van der Waals surface area contributed by atoms with Gasteiger partial charge in [0, 0.05) is 17.5 Å². The smallest absolute Gasteiger partial charge is 0.161 e. The van der Waals surface area contributed by atoms with Gasteiger partial charge in [-0.25, -0.2) is 0 Å². The molecule has 4 heteroatoms. The Kier molecular flexibility index (Phi) is 5.69. The van der Waals surface area contributed by atoms with E-state index >= 15 is 0 Å². The predicted octanol–water partition coefficient (Wildman–Crippen LogP) is 4.67. The molecule has 0 amide bonds. The minimum absolute atomic E-state index is 0.279. The van der Waals surface area contributed by atoms with Gasteiger partial charge in [-0.1, -0.05) is 32.0 Å². The molecule has 0 saturated carbocycles. The summed E-state index contributed by atoms with van der Waals surface area (Å²) >= 11 is 1.77. The molecule has 128 valence electrons. The minimum atomic E-state index is 0.279. The Labute approximate surface area is 148 Å². The molecule has 1 aliphatic rings. The van der Waals surface area contributed by atoms with Crippen molar-refractivity contribution >= 4 is 11.8 Å². The maximum atomic E-state index is 5.73. The average molecular weight is 343 g/mol. The lowest BCUT2D eigenvalue weighted by Crippen LogP contribution is -2.25. The van der Waals surface area contributed by atoms with Gasteiger partial charge in [0.2, 0.25) is 0 Å². The highest BCUT2D eigenvalue weighted by Crippen LogP contribution is 2.34. The van der Waals surface area contributed by atoms with Crippen LogP contribution in [0.4, 0.5) is 0 Å². The van der Waals surface area contributed by atoms with Crippen molar-refractivity contribution < 1.29 is 9.47 Å². The second-order valence-corrected chi connectivity index (χ2v) is 7.23. The lowest BCUT2D eigenvalue weighted by atomic mass is 9.95. The molecule has 0 fully saturated rings. The summed E-state index contributed by atoms with van der Waals surface area (Å²) in [6.07, 6.45) is 2.10. The van der Waals surface area contributed by atoms with E-state index in [9.17, 15) is 0 Å². The Morgan fingerprint density at radius 2 is 1.71 bits per heavy atom. The van der Waals surface area contributed by atoms with E-state index in [-0.39, 0.29) is 6.04 Å². The summed E-state index contributed by atoms with van der Waals surface area (Å²) in [6.45, 7) is 6.59. The second-order valence-electron chi connectivity index (χ2n) is 6.35. The SMILES string of the molecule is CSc1ccc(CNC(c2ccc3c(c2)OCCO3)C(C)C)cc1. The van der Waals surface area contributed by atoms with E-state index in [4.69, 9.17) is 9.47 Å². The molecule has 0 aliphatic carbocycles. The molecular formula is C20H25NO2S. The van der Waals surface area contributed by atoms with E-state index in [1.165, 1.54) is 16.0 Å². The van der Waals surface area contributed by atoms with Gasteiger partial charge in [-0.3, -0.25) is 0 Å². The number of rotatable bonds is 6. The number of fused-ring (bicyclic) bond motifs is 1. The zero-order valence-corrected chi connectivity index (χ0v) is 15.4. The summed E-state index contributed by atoms with van der Waals surface area (Å²) in [5.41, 5.74) is 2.55. The summed E-state index contributed by atoms with van der Waals surface area (Å²) in [4.78, 5) is 1.30. The molecule has 0 aromatic heterocycles. The largest absolute Gasteiger partial charge is 0.486 e. The highest BCUT2D eigenvalue weighted by atomic mass is 32.2. The molecule has 1 heterocycles. The van der Waals surface area contributed by atoms with Crippen LogP contribution in [0.5, 0.6) is 11.5 Å². The molecule has 3 nitrogen and oxygen atoms in total. The molecule has 0 spiro atoms. The fraction of sp³-hybridized carbons (Fsp3) is 0.400. The van der Waals surface area contributed by atoms with E-state index in [2.05, 4.69) is 61.8 Å². The van der Waals surface area contributed by atoms with E-state index in [1.807, 2.05) is 6.07 Å². The van der Waals surface area contributed by atoms with Gasteiger partial charge in [-0.05, 0) is 47.6 Å². The van der Waals surface area contributed by atoms with Crippen molar-refractivity contribution in [3.63, 3.8) is 0 Å². The summed E-state index contributed by atoms with van der Waals surface area (Å²) in [7, 11) is 0. The molecule has 1 atom stereocenters. The minimum Gasteiger partial charge on any atom is -0.486 e. The van der Waals surface area contributed by atoms with Crippen molar-refractivity contribution in [2.45, 2.75) is 31.3 Å². The third-order valence-electron chi connectivity index (χ3n) is 4.28. The number of hydrogen-bond acceptors (Lipinski definition) is 4. The van der Waals surface area contributed by atoms with Crippen LogP contribution in [0.1, 0.15) is 31.0 Å². The first kappa shape index (κ1) is 17.2. The standard InChI is InChI=1S/C20H25NO2S/c1-14(2)20(21-13-15-4-7-17(24-3)8-5-15)16-6-9-18-19(12-16)23-11-10-22-18/h4-9,12,14,20-21H,10-11,13H2,1-3H3. The van der Waals surface area contributed by atoms with E-state index in [0.29, 0.717) is 19.1 Å². The number of ether oxygens (including phenoxy) is 2. The highest BCUT2D eigenvalue weighted by molar-refractivity contribution is 7.98. The maximum Gasteiger partial charge on any atom is 0.161 e. The van der Waals surface area contributed by atoms with Crippen LogP contribution < -0.4 is 14.8 Å². The molecule has 24 heavy (non-hydrogen) atoms. The molecule has 0 radical (unpaired) electrons. The van der Waals surface area contributed by atoms with Gasteiger partial charge in [0.15, 0.2) is 11.5 Å². The molecule has 0 saturated heterocycles. The molecule has 2 aromatic rings. The molecular weight excluding hydrogens is 318 g/mol. The van der Waals surface area contributed by atoms with Crippen molar-refractivity contribution in [2.75, 3.05) is 19.5 Å². The topological polar surface area (TPSA) is 30.5 Å². The number of benzene rings is 2. The lowest BCUT2D eigenvalue weighted by molar-refractivity contribution is 0.171. The van der Waals surface area contributed by atoms with Crippen LogP contribution in [0.25, 0.3) is 0 Å². The molecule has 3 rings (SSSR count). The van der Waals surface area contributed by atoms with Crippen molar-refractivity contribution in [1.82, 2.24) is 5.32 Å². The van der Waals surface area contributed by atoms with Crippen LogP contribution in [0, 0.1) is 5.92 Å². The van der Waals surface area contributed by atoms with Crippen LogP contribution >= 0.6 is 11.8 Å². The Balaban J connectivity index is 1.72. The third-order valence-corrected chi connectivity index (χ3v) is 5.02.